The van der Waals surface area contributed by atoms with Gasteiger partial charge in [-0.25, -0.2) is 4.52 Å². The quantitative estimate of drug-likeness (QED) is 0.548. The number of methoxy groups -OCH3 is 1. The molecule has 0 bridgehead atoms. The molecule has 3 rings (SSSR count). The molecule has 2 aromatic heterocycles. The maximum atomic E-state index is 5.75. The van der Waals surface area contributed by atoms with Gasteiger partial charge in [0.25, 0.3) is 0 Å². The van der Waals surface area contributed by atoms with E-state index in [4.69, 9.17) is 10.6 Å². The number of nitrogens with two attached hydrogens (primary N) is 1. The van der Waals surface area contributed by atoms with Crippen molar-refractivity contribution in [1.82, 2.24) is 20.0 Å². The van der Waals surface area contributed by atoms with Crippen molar-refractivity contribution < 1.29 is 4.74 Å². The number of hydrogen-bond acceptors (Lipinski definition) is 5. The molecular formula is C15H17N5O. The van der Waals surface area contributed by atoms with Gasteiger partial charge in [0.15, 0.2) is 0 Å². The molecule has 0 spiro atoms. The van der Waals surface area contributed by atoms with Gasteiger partial charge in [0.1, 0.15) is 5.75 Å². The molecule has 0 radical (unpaired) electrons. The van der Waals surface area contributed by atoms with E-state index in [-0.39, 0.29) is 6.04 Å². The minimum Gasteiger partial charge on any atom is -0.496 e. The lowest BCUT2D eigenvalue weighted by molar-refractivity contribution is 0.406. The van der Waals surface area contributed by atoms with E-state index in [0.29, 0.717) is 6.42 Å². The largest absolute Gasteiger partial charge is 0.496 e. The number of nitrogens with one attached hydrogen (secondary N) is 1. The van der Waals surface area contributed by atoms with E-state index in [1.54, 1.807) is 24.0 Å². The Morgan fingerprint density at radius 1 is 1.33 bits per heavy atom. The van der Waals surface area contributed by atoms with Gasteiger partial charge in [0, 0.05) is 18.0 Å². The number of fused-ring (bicyclic) bond motifs is 1. The number of hydrogen-bond donors (Lipinski definition) is 2. The minimum atomic E-state index is -0.0667. The van der Waals surface area contributed by atoms with Crippen LogP contribution in [0.5, 0.6) is 5.75 Å². The molecule has 0 saturated heterocycles. The second-order valence-corrected chi connectivity index (χ2v) is 4.74. The van der Waals surface area contributed by atoms with Crippen LogP contribution in [0.15, 0.2) is 49.1 Å². The Bertz CT molecular complexity index is 740. The summed E-state index contributed by atoms with van der Waals surface area (Å²) in [5, 5.41) is 4.32. The molecule has 0 aliphatic carbocycles. The van der Waals surface area contributed by atoms with Crippen molar-refractivity contribution in [1.29, 1.82) is 0 Å². The summed E-state index contributed by atoms with van der Waals surface area (Å²) >= 11 is 0. The maximum absolute atomic E-state index is 5.75. The summed E-state index contributed by atoms with van der Waals surface area (Å²) in [5.41, 5.74) is 5.90. The van der Waals surface area contributed by atoms with Crippen molar-refractivity contribution in [3.63, 3.8) is 0 Å². The molecule has 0 aliphatic rings. The van der Waals surface area contributed by atoms with E-state index in [9.17, 15) is 0 Å². The molecule has 108 valence electrons. The van der Waals surface area contributed by atoms with Crippen molar-refractivity contribution in [2.45, 2.75) is 12.5 Å². The molecule has 0 amide bonds. The summed E-state index contributed by atoms with van der Waals surface area (Å²) in [7, 11) is 1.67. The highest BCUT2D eigenvalue weighted by atomic mass is 16.5. The first-order valence-electron chi connectivity index (χ1n) is 6.68. The minimum absolute atomic E-state index is 0.0667. The Morgan fingerprint density at radius 2 is 2.19 bits per heavy atom. The Labute approximate surface area is 122 Å². The van der Waals surface area contributed by atoms with Crippen molar-refractivity contribution >= 4 is 5.52 Å². The normalized spacial score (nSPS) is 12.5. The second kappa shape index (κ2) is 5.90. The highest BCUT2D eigenvalue weighted by Gasteiger charge is 2.17. The summed E-state index contributed by atoms with van der Waals surface area (Å²) in [6, 6.07) is 7.85. The fourth-order valence-corrected chi connectivity index (χ4v) is 2.47. The van der Waals surface area contributed by atoms with Crippen LogP contribution in [0, 0.1) is 0 Å². The Hall–Kier alpha value is -2.44. The summed E-state index contributed by atoms with van der Waals surface area (Å²) in [6.07, 6.45) is 7.83. The molecule has 6 heteroatoms. The maximum Gasteiger partial charge on any atom is 0.122 e. The Balaban J connectivity index is 1.95. The molecule has 6 nitrogen and oxygen atoms in total. The molecule has 1 atom stereocenters. The fraction of sp³-hybridized carbons (Fsp3) is 0.200. The van der Waals surface area contributed by atoms with Crippen molar-refractivity contribution in [2.24, 2.45) is 5.84 Å². The molecule has 3 aromatic rings. The van der Waals surface area contributed by atoms with Crippen molar-refractivity contribution in [2.75, 3.05) is 7.11 Å². The number of para-hydroxylation sites is 1. The van der Waals surface area contributed by atoms with E-state index in [2.05, 4.69) is 15.5 Å². The lowest BCUT2D eigenvalue weighted by Crippen LogP contribution is -2.29. The van der Waals surface area contributed by atoms with Gasteiger partial charge in [-0.2, -0.15) is 5.10 Å². The SMILES string of the molecule is COc1ccccc1CC(NN)c1cnn2ccncc12. The van der Waals surface area contributed by atoms with Crippen LogP contribution in [-0.4, -0.2) is 21.7 Å². The molecule has 0 aliphatic heterocycles. The van der Waals surface area contributed by atoms with Crippen LogP contribution in [0.1, 0.15) is 17.2 Å². The van der Waals surface area contributed by atoms with Gasteiger partial charge >= 0.3 is 0 Å². The Morgan fingerprint density at radius 3 is 3.00 bits per heavy atom. The molecule has 1 unspecified atom stereocenters. The van der Waals surface area contributed by atoms with Crippen LogP contribution in [0.3, 0.4) is 0 Å². The van der Waals surface area contributed by atoms with Crippen LogP contribution in [0.4, 0.5) is 0 Å². The lowest BCUT2D eigenvalue weighted by atomic mass is 10.00. The lowest BCUT2D eigenvalue weighted by Gasteiger charge is -2.16. The number of ether oxygens (including phenoxy) is 1. The summed E-state index contributed by atoms with van der Waals surface area (Å²) in [6.45, 7) is 0. The van der Waals surface area contributed by atoms with E-state index >= 15 is 0 Å². The highest BCUT2D eigenvalue weighted by molar-refractivity contribution is 5.53. The van der Waals surface area contributed by atoms with Crippen molar-refractivity contribution in [3.8, 4) is 5.75 Å². The zero-order valence-corrected chi connectivity index (χ0v) is 11.7. The standard InChI is InChI=1S/C15H17N5O/c1-21-15-5-3-2-4-11(15)8-13(19-16)12-9-18-20-7-6-17-10-14(12)20/h2-7,9-10,13,19H,8,16H2,1H3. The molecule has 0 saturated carbocycles. The summed E-state index contributed by atoms with van der Waals surface area (Å²) in [5.74, 6) is 6.60. The number of hydrazine groups is 1. The average molecular weight is 283 g/mol. The third-order valence-electron chi connectivity index (χ3n) is 3.55. The van der Waals surface area contributed by atoms with E-state index < -0.39 is 0 Å². The van der Waals surface area contributed by atoms with Crippen molar-refractivity contribution in [3.05, 3.63) is 60.2 Å². The fourth-order valence-electron chi connectivity index (χ4n) is 2.47. The Kier molecular flexibility index (Phi) is 3.81. The molecule has 1 aromatic carbocycles. The van der Waals surface area contributed by atoms with Crippen LogP contribution in [0.2, 0.25) is 0 Å². The monoisotopic (exact) mass is 283 g/mol. The first kappa shape index (κ1) is 13.5. The summed E-state index contributed by atoms with van der Waals surface area (Å²) in [4.78, 5) is 4.15. The summed E-state index contributed by atoms with van der Waals surface area (Å²) < 4.78 is 7.18. The number of rotatable bonds is 5. The van der Waals surface area contributed by atoms with E-state index in [1.165, 1.54) is 0 Å². The van der Waals surface area contributed by atoms with Crippen LogP contribution in [-0.2, 0) is 6.42 Å². The topological polar surface area (TPSA) is 77.5 Å². The van der Waals surface area contributed by atoms with E-state index in [1.807, 2.05) is 36.7 Å². The van der Waals surface area contributed by atoms with Gasteiger partial charge < -0.3 is 4.74 Å². The number of aromatic nitrogens is 3. The highest BCUT2D eigenvalue weighted by Crippen LogP contribution is 2.26. The molecule has 21 heavy (non-hydrogen) atoms. The average Bonchev–Trinajstić information content (AvgIpc) is 2.97. The predicted octanol–water partition coefficient (Wildman–Crippen LogP) is 1.48. The number of nitrogens with zero attached hydrogens (tertiary/aromatic N) is 3. The van der Waals surface area contributed by atoms with Gasteiger partial charge in [0.05, 0.1) is 31.1 Å². The van der Waals surface area contributed by atoms with Crippen LogP contribution in [0.25, 0.3) is 5.52 Å². The second-order valence-electron chi connectivity index (χ2n) is 4.74. The smallest absolute Gasteiger partial charge is 0.122 e. The third kappa shape index (κ3) is 2.58. The van der Waals surface area contributed by atoms with Gasteiger partial charge in [-0.3, -0.25) is 16.3 Å². The zero-order chi connectivity index (χ0) is 14.7. The van der Waals surface area contributed by atoms with Crippen LogP contribution >= 0.6 is 0 Å². The number of benzene rings is 1. The first-order chi connectivity index (χ1) is 10.3. The first-order valence-corrected chi connectivity index (χ1v) is 6.68. The third-order valence-corrected chi connectivity index (χ3v) is 3.55. The molecule has 0 fully saturated rings. The molecule has 3 N–H and O–H groups in total. The van der Waals surface area contributed by atoms with E-state index in [0.717, 1.165) is 22.4 Å². The van der Waals surface area contributed by atoms with Gasteiger partial charge in [-0.15, -0.1) is 0 Å². The van der Waals surface area contributed by atoms with Crippen LogP contribution < -0.4 is 16.0 Å². The zero-order valence-electron chi connectivity index (χ0n) is 11.7. The van der Waals surface area contributed by atoms with Gasteiger partial charge in [-0.1, -0.05) is 18.2 Å². The molecular weight excluding hydrogens is 266 g/mol. The van der Waals surface area contributed by atoms with Gasteiger partial charge in [0.2, 0.25) is 0 Å². The predicted molar refractivity (Wildman–Crippen MR) is 79.7 cm³/mol. The van der Waals surface area contributed by atoms with Gasteiger partial charge in [-0.05, 0) is 18.1 Å². The molecule has 2 heterocycles.